The largest absolute Gasteiger partial charge is 0.326 e. The summed E-state index contributed by atoms with van der Waals surface area (Å²) in [6, 6.07) is 0.417. The Morgan fingerprint density at radius 2 is 2.10 bits per heavy atom. The standard InChI is InChI=1S/C17H30N4/c1-6-15(18)16(13-11-19-20(5)12-13)21-9-7-14(8-10-21)17(2,3)4/h7,11-12,15-16H,6,8-10,18H2,1-5H3. The van der Waals surface area contributed by atoms with Gasteiger partial charge in [0.25, 0.3) is 0 Å². The highest BCUT2D eigenvalue weighted by Gasteiger charge is 2.29. The number of nitrogens with two attached hydrogens (primary N) is 1. The third-order valence-corrected chi connectivity index (χ3v) is 4.54. The molecule has 0 aliphatic carbocycles. The normalized spacial score (nSPS) is 20.2. The van der Waals surface area contributed by atoms with Crippen LogP contribution in [0.25, 0.3) is 0 Å². The van der Waals surface area contributed by atoms with Gasteiger partial charge in [0.15, 0.2) is 0 Å². The molecule has 0 spiro atoms. The highest BCUT2D eigenvalue weighted by Crippen LogP contribution is 2.33. The van der Waals surface area contributed by atoms with E-state index in [4.69, 9.17) is 5.73 Å². The first kappa shape index (κ1) is 16.2. The first-order valence-electron chi connectivity index (χ1n) is 8.00. The molecule has 2 N–H and O–H groups in total. The molecule has 1 aliphatic rings. The monoisotopic (exact) mass is 290 g/mol. The zero-order valence-electron chi connectivity index (χ0n) is 14.1. The summed E-state index contributed by atoms with van der Waals surface area (Å²) in [6.45, 7) is 11.1. The molecule has 0 radical (unpaired) electrons. The lowest BCUT2D eigenvalue weighted by molar-refractivity contribution is 0.176. The van der Waals surface area contributed by atoms with Crippen LogP contribution in [-0.2, 0) is 7.05 Å². The molecule has 4 nitrogen and oxygen atoms in total. The molecule has 2 atom stereocenters. The SMILES string of the molecule is CCC(N)C(c1cnn(C)c1)N1CC=C(C(C)(C)C)CC1. The van der Waals surface area contributed by atoms with Crippen molar-refractivity contribution in [3.05, 3.63) is 29.6 Å². The van der Waals surface area contributed by atoms with E-state index >= 15 is 0 Å². The van der Waals surface area contributed by atoms with Crippen molar-refractivity contribution < 1.29 is 0 Å². The first-order chi connectivity index (χ1) is 9.82. The third kappa shape index (κ3) is 3.74. The quantitative estimate of drug-likeness (QED) is 0.867. The van der Waals surface area contributed by atoms with Crippen LogP contribution < -0.4 is 5.73 Å². The summed E-state index contributed by atoms with van der Waals surface area (Å²) in [5, 5.41) is 4.32. The molecule has 0 saturated heterocycles. The van der Waals surface area contributed by atoms with Crippen LogP contribution in [0.15, 0.2) is 24.0 Å². The molecule has 1 aromatic rings. The van der Waals surface area contributed by atoms with E-state index in [-0.39, 0.29) is 17.5 Å². The maximum Gasteiger partial charge on any atom is 0.0538 e. The van der Waals surface area contributed by atoms with Gasteiger partial charge < -0.3 is 5.73 Å². The van der Waals surface area contributed by atoms with Crippen LogP contribution in [0.5, 0.6) is 0 Å². The average Bonchev–Trinajstić information content (AvgIpc) is 2.84. The third-order valence-electron chi connectivity index (χ3n) is 4.54. The molecule has 0 saturated carbocycles. The number of nitrogens with zero attached hydrogens (tertiary/aromatic N) is 3. The van der Waals surface area contributed by atoms with E-state index in [0.717, 1.165) is 25.9 Å². The Bertz CT molecular complexity index is 495. The van der Waals surface area contributed by atoms with Crippen LogP contribution in [-0.4, -0.2) is 33.8 Å². The van der Waals surface area contributed by atoms with E-state index in [9.17, 15) is 0 Å². The molecule has 1 aliphatic heterocycles. The summed E-state index contributed by atoms with van der Waals surface area (Å²) < 4.78 is 1.87. The Morgan fingerprint density at radius 3 is 2.52 bits per heavy atom. The second-order valence-corrected chi connectivity index (χ2v) is 7.19. The maximum atomic E-state index is 6.41. The zero-order chi connectivity index (χ0) is 15.6. The molecule has 4 heteroatoms. The van der Waals surface area contributed by atoms with Crippen molar-refractivity contribution in [1.82, 2.24) is 14.7 Å². The van der Waals surface area contributed by atoms with Gasteiger partial charge in [-0.15, -0.1) is 0 Å². The summed E-state index contributed by atoms with van der Waals surface area (Å²) in [5.41, 5.74) is 9.49. The molecule has 2 rings (SSSR count). The number of rotatable bonds is 4. The number of hydrogen-bond acceptors (Lipinski definition) is 3. The lowest BCUT2D eigenvalue weighted by Gasteiger charge is -2.38. The number of aromatic nitrogens is 2. The minimum Gasteiger partial charge on any atom is -0.326 e. The Kier molecular flexibility index (Phi) is 4.89. The molecule has 2 unspecified atom stereocenters. The molecule has 118 valence electrons. The Hall–Kier alpha value is -1.13. The molecule has 21 heavy (non-hydrogen) atoms. The van der Waals surface area contributed by atoms with Crippen molar-refractivity contribution in [3.63, 3.8) is 0 Å². The second-order valence-electron chi connectivity index (χ2n) is 7.19. The van der Waals surface area contributed by atoms with Gasteiger partial charge in [0.05, 0.1) is 12.2 Å². The van der Waals surface area contributed by atoms with Gasteiger partial charge in [-0.05, 0) is 18.3 Å². The maximum absolute atomic E-state index is 6.41. The molecule has 0 bridgehead atoms. The van der Waals surface area contributed by atoms with E-state index in [1.54, 1.807) is 5.57 Å². The van der Waals surface area contributed by atoms with E-state index in [2.05, 4.69) is 50.0 Å². The predicted molar refractivity (Wildman–Crippen MR) is 87.9 cm³/mol. The molecule has 2 heterocycles. The van der Waals surface area contributed by atoms with Gasteiger partial charge >= 0.3 is 0 Å². The fraction of sp³-hybridized carbons (Fsp3) is 0.706. The molecule has 0 amide bonds. The molecular weight excluding hydrogens is 260 g/mol. The van der Waals surface area contributed by atoms with E-state index < -0.39 is 0 Å². The van der Waals surface area contributed by atoms with E-state index in [0.29, 0.717) is 0 Å². The molecule has 1 aromatic heterocycles. The van der Waals surface area contributed by atoms with Crippen molar-refractivity contribution in [3.8, 4) is 0 Å². The Morgan fingerprint density at radius 1 is 1.38 bits per heavy atom. The summed E-state index contributed by atoms with van der Waals surface area (Å²) >= 11 is 0. The van der Waals surface area contributed by atoms with Gasteiger partial charge in [-0.3, -0.25) is 9.58 Å². The highest BCUT2D eigenvalue weighted by molar-refractivity contribution is 5.19. The van der Waals surface area contributed by atoms with E-state index in [1.807, 2.05) is 17.9 Å². The fourth-order valence-corrected chi connectivity index (χ4v) is 3.16. The minimum atomic E-state index is 0.152. The topological polar surface area (TPSA) is 47.1 Å². The second kappa shape index (κ2) is 6.32. The van der Waals surface area contributed by atoms with Crippen LogP contribution in [0.3, 0.4) is 0 Å². The van der Waals surface area contributed by atoms with Crippen LogP contribution in [0, 0.1) is 5.41 Å². The number of hydrogen-bond donors (Lipinski definition) is 1. The Labute approximate surface area is 129 Å². The fourth-order valence-electron chi connectivity index (χ4n) is 3.16. The van der Waals surface area contributed by atoms with Gasteiger partial charge in [-0.25, -0.2) is 0 Å². The predicted octanol–water partition coefficient (Wildman–Crippen LogP) is 2.88. The van der Waals surface area contributed by atoms with Crippen molar-refractivity contribution in [2.24, 2.45) is 18.2 Å². The lowest BCUT2D eigenvalue weighted by Crippen LogP contribution is -2.43. The lowest BCUT2D eigenvalue weighted by atomic mass is 9.82. The summed E-state index contributed by atoms with van der Waals surface area (Å²) in [6.07, 6.45) is 8.57. The van der Waals surface area contributed by atoms with Gasteiger partial charge in [-0.2, -0.15) is 5.10 Å². The van der Waals surface area contributed by atoms with E-state index in [1.165, 1.54) is 5.56 Å². The molecular formula is C17H30N4. The van der Waals surface area contributed by atoms with Crippen molar-refractivity contribution in [2.45, 2.75) is 52.6 Å². The van der Waals surface area contributed by atoms with Crippen LogP contribution >= 0.6 is 0 Å². The highest BCUT2D eigenvalue weighted by atomic mass is 15.3. The number of aryl methyl sites for hydroxylation is 1. The molecule has 0 aromatic carbocycles. The average molecular weight is 290 g/mol. The minimum absolute atomic E-state index is 0.152. The van der Waals surface area contributed by atoms with Crippen LogP contribution in [0.4, 0.5) is 0 Å². The summed E-state index contributed by atoms with van der Waals surface area (Å²) in [5.74, 6) is 0. The zero-order valence-corrected chi connectivity index (χ0v) is 14.1. The Balaban J connectivity index is 2.19. The van der Waals surface area contributed by atoms with Crippen molar-refractivity contribution in [2.75, 3.05) is 13.1 Å². The van der Waals surface area contributed by atoms with Gasteiger partial charge in [0, 0.05) is 37.9 Å². The summed E-state index contributed by atoms with van der Waals surface area (Å²) in [7, 11) is 1.96. The summed E-state index contributed by atoms with van der Waals surface area (Å²) in [4.78, 5) is 2.50. The van der Waals surface area contributed by atoms with Gasteiger partial charge in [0.2, 0.25) is 0 Å². The van der Waals surface area contributed by atoms with Crippen LogP contribution in [0.2, 0.25) is 0 Å². The smallest absolute Gasteiger partial charge is 0.0538 e. The van der Waals surface area contributed by atoms with Crippen LogP contribution in [0.1, 0.15) is 52.1 Å². The molecule has 0 fully saturated rings. The van der Waals surface area contributed by atoms with Crippen molar-refractivity contribution in [1.29, 1.82) is 0 Å². The van der Waals surface area contributed by atoms with Gasteiger partial charge in [0.1, 0.15) is 0 Å². The van der Waals surface area contributed by atoms with Crippen molar-refractivity contribution >= 4 is 0 Å². The van der Waals surface area contributed by atoms with Gasteiger partial charge in [-0.1, -0.05) is 39.3 Å². The first-order valence-corrected chi connectivity index (χ1v) is 8.00.